The van der Waals surface area contributed by atoms with Crippen molar-refractivity contribution < 1.29 is 14.3 Å². The summed E-state index contributed by atoms with van der Waals surface area (Å²) in [7, 11) is 0. The number of benzene rings is 1. The minimum Gasteiger partial charge on any atom is -0.456 e. The zero-order chi connectivity index (χ0) is 16.9. The fourth-order valence-corrected chi connectivity index (χ4v) is 3.37. The molecule has 3 rings (SSSR count). The summed E-state index contributed by atoms with van der Waals surface area (Å²) >= 11 is 3.52. The summed E-state index contributed by atoms with van der Waals surface area (Å²) in [5.74, 6) is 0.711. The van der Waals surface area contributed by atoms with Crippen molar-refractivity contribution in [3.05, 3.63) is 45.5 Å². The molecule has 23 heavy (non-hydrogen) atoms. The second-order valence-corrected chi connectivity index (χ2v) is 6.81. The van der Waals surface area contributed by atoms with Gasteiger partial charge in [-0.1, -0.05) is 13.8 Å². The third-order valence-electron chi connectivity index (χ3n) is 3.86. The van der Waals surface area contributed by atoms with Crippen molar-refractivity contribution in [2.75, 3.05) is 5.32 Å². The lowest BCUT2D eigenvalue weighted by Crippen LogP contribution is -2.48. The van der Waals surface area contributed by atoms with E-state index in [0.29, 0.717) is 17.4 Å². The molecule has 2 heterocycles. The number of carbonyl (C=O) groups excluding carboxylic acids is 1. The maximum absolute atomic E-state index is 11.9. The number of amides is 1. The Labute approximate surface area is 142 Å². The zero-order valence-electron chi connectivity index (χ0n) is 13.1. The molecular weight excluding hydrogens is 362 g/mol. The number of fused-ring (bicyclic) bond motifs is 1. The molecule has 1 aromatic carbocycles. The molecule has 7 heteroatoms. The monoisotopic (exact) mass is 379 g/mol. The first-order valence-corrected chi connectivity index (χ1v) is 8.01. The van der Waals surface area contributed by atoms with Crippen LogP contribution in [0.5, 0.6) is 5.75 Å². The highest BCUT2D eigenvalue weighted by molar-refractivity contribution is 9.10. The van der Waals surface area contributed by atoms with Gasteiger partial charge in [-0.25, -0.2) is 0 Å². The van der Waals surface area contributed by atoms with E-state index in [1.807, 2.05) is 12.1 Å². The Hall–Kier alpha value is -2.15. The van der Waals surface area contributed by atoms with Crippen LogP contribution in [0.4, 0.5) is 5.69 Å². The lowest BCUT2D eigenvalue weighted by molar-refractivity contribution is -0.116. The van der Waals surface area contributed by atoms with Gasteiger partial charge in [0.2, 0.25) is 11.6 Å². The number of nitrogens with one attached hydrogen (secondary N) is 1. The molecule has 122 valence electrons. The van der Waals surface area contributed by atoms with Crippen molar-refractivity contribution in [3.8, 4) is 5.75 Å². The predicted octanol–water partition coefficient (Wildman–Crippen LogP) is 2.66. The lowest BCUT2D eigenvalue weighted by atomic mass is 9.99. The molecule has 5 N–H and O–H groups in total. The van der Waals surface area contributed by atoms with Crippen molar-refractivity contribution in [1.82, 2.24) is 0 Å². The predicted molar refractivity (Wildman–Crippen MR) is 90.5 cm³/mol. The summed E-state index contributed by atoms with van der Waals surface area (Å²) in [6.07, 6.45) is 1.66. The van der Waals surface area contributed by atoms with Gasteiger partial charge in [-0.3, -0.25) is 4.79 Å². The van der Waals surface area contributed by atoms with Crippen LogP contribution >= 0.6 is 15.9 Å². The van der Waals surface area contributed by atoms with E-state index in [9.17, 15) is 4.79 Å². The number of nitrogens with two attached hydrogens (primary N) is 2. The van der Waals surface area contributed by atoms with E-state index in [-0.39, 0.29) is 11.5 Å². The number of hydrogen-bond donors (Lipinski definition) is 3. The first kappa shape index (κ1) is 15.7. The summed E-state index contributed by atoms with van der Waals surface area (Å²) in [6, 6.07) is 3.99. The largest absolute Gasteiger partial charge is 0.456 e. The summed E-state index contributed by atoms with van der Waals surface area (Å²) < 4.78 is 12.2. The first-order chi connectivity index (χ1) is 10.7. The molecule has 2 aliphatic rings. The molecule has 0 saturated carbocycles. The topological polar surface area (TPSA) is 99.6 Å². The normalized spacial score (nSPS) is 22.4. The Morgan fingerprint density at radius 1 is 1.39 bits per heavy atom. The minimum absolute atomic E-state index is 0.0531. The molecule has 0 unspecified atom stereocenters. The van der Waals surface area contributed by atoms with Crippen molar-refractivity contribution in [1.29, 1.82) is 0 Å². The van der Waals surface area contributed by atoms with E-state index in [2.05, 4.69) is 35.1 Å². The molecule has 0 aromatic heterocycles. The molecule has 2 aliphatic heterocycles. The van der Waals surface area contributed by atoms with Crippen LogP contribution in [0, 0.1) is 0 Å². The van der Waals surface area contributed by atoms with Gasteiger partial charge in [0, 0.05) is 6.08 Å². The van der Waals surface area contributed by atoms with Crippen LogP contribution in [-0.4, -0.2) is 11.6 Å². The van der Waals surface area contributed by atoms with Gasteiger partial charge in [0.05, 0.1) is 10.2 Å². The SMILES string of the molecule is CC1=C[C@@]2(Nc3cc(C(C)C)cc(Br)c3O2)C(C(N)=O)=C(N)O1. The van der Waals surface area contributed by atoms with Crippen molar-refractivity contribution >= 4 is 27.5 Å². The van der Waals surface area contributed by atoms with Crippen LogP contribution in [0.1, 0.15) is 32.3 Å². The Morgan fingerprint density at radius 2 is 2.09 bits per heavy atom. The number of rotatable bonds is 2. The third-order valence-corrected chi connectivity index (χ3v) is 4.45. The van der Waals surface area contributed by atoms with Crippen molar-refractivity contribution in [2.45, 2.75) is 32.4 Å². The third kappa shape index (κ3) is 2.45. The Bertz CT molecular complexity index is 770. The number of allylic oxidation sites excluding steroid dienone is 1. The summed E-state index contributed by atoms with van der Waals surface area (Å²) in [4.78, 5) is 11.9. The van der Waals surface area contributed by atoms with Gasteiger partial charge >= 0.3 is 0 Å². The van der Waals surface area contributed by atoms with E-state index in [1.54, 1.807) is 13.0 Å². The maximum Gasteiger partial charge on any atom is 0.256 e. The second kappa shape index (κ2) is 5.19. The quantitative estimate of drug-likeness (QED) is 0.733. The fraction of sp³-hybridized carbons (Fsp3) is 0.312. The minimum atomic E-state index is -1.25. The van der Waals surface area contributed by atoms with E-state index < -0.39 is 11.6 Å². The van der Waals surface area contributed by atoms with Crippen LogP contribution < -0.4 is 21.5 Å². The highest BCUT2D eigenvalue weighted by Gasteiger charge is 2.48. The number of hydrogen-bond acceptors (Lipinski definition) is 5. The van der Waals surface area contributed by atoms with Gasteiger partial charge in [-0.05, 0) is 46.5 Å². The molecule has 0 saturated heterocycles. The molecule has 1 amide bonds. The second-order valence-electron chi connectivity index (χ2n) is 5.96. The van der Waals surface area contributed by atoms with Crippen molar-refractivity contribution in [3.63, 3.8) is 0 Å². The highest BCUT2D eigenvalue weighted by Crippen LogP contribution is 2.48. The average molecular weight is 380 g/mol. The molecule has 0 bridgehead atoms. The molecule has 1 spiro atoms. The van der Waals surface area contributed by atoms with Gasteiger partial charge in [0.1, 0.15) is 11.3 Å². The molecule has 0 radical (unpaired) electrons. The van der Waals surface area contributed by atoms with Gasteiger partial charge < -0.3 is 26.3 Å². The molecular formula is C16H18BrN3O3. The molecule has 1 atom stereocenters. The van der Waals surface area contributed by atoms with E-state index in [0.717, 1.165) is 15.7 Å². The molecule has 1 aromatic rings. The van der Waals surface area contributed by atoms with Crippen LogP contribution in [0.2, 0.25) is 0 Å². The number of ether oxygens (including phenoxy) is 2. The van der Waals surface area contributed by atoms with Gasteiger partial charge in [-0.2, -0.15) is 0 Å². The smallest absolute Gasteiger partial charge is 0.256 e. The Morgan fingerprint density at radius 3 is 2.70 bits per heavy atom. The summed E-state index contributed by atoms with van der Waals surface area (Å²) in [6.45, 7) is 5.94. The maximum atomic E-state index is 11.9. The number of anilines is 1. The van der Waals surface area contributed by atoms with Gasteiger partial charge in [0.15, 0.2) is 5.75 Å². The van der Waals surface area contributed by atoms with Gasteiger partial charge in [0.25, 0.3) is 5.91 Å². The number of primary amides is 1. The van der Waals surface area contributed by atoms with E-state index in [4.69, 9.17) is 20.9 Å². The molecule has 6 nitrogen and oxygen atoms in total. The number of halogens is 1. The zero-order valence-corrected chi connectivity index (χ0v) is 14.7. The standard InChI is InChI=1S/C16H18BrN3O3/c1-7(2)9-4-10(17)13-11(5-9)20-16(23-13)6-8(3)22-15(19)12(16)14(18)21/h4-7,20H,19H2,1-3H3,(H2,18,21)/t16-/m0/s1. The Kier molecular flexibility index (Phi) is 3.55. The van der Waals surface area contributed by atoms with Crippen LogP contribution in [-0.2, 0) is 9.53 Å². The van der Waals surface area contributed by atoms with E-state index >= 15 is 0 Å². The summed E-state index contributed by atoms with van der Waals surface area (Å²) in [5, 5.41) is 3.23. The number of carbonyl (C=O) groups is 1. The van der Waals surface area contributed by atoms with Crippen LogP contribution in [0.15, 0.2) is 39.9 Å². The van der Waals surface area contributed by atoms with Crippen LogP contribution in [0.3, 0.4) is 0 Å². The van der Waals surface area contributed by atoms with Gasteiger partial charge in [-0.15, -0.1) is 0 Å². The van der Waals surface area contributed by atoms with Crippen molar-refractivity contribution in [2.24, 2.45) is 11.5 Å². The molecule has 0 fully saturated rings. The van der Waals surface area contributed by atoms with E-state index in [1.165, 1.54) is 0 Å². The average Bonchev–Trinajstić information content (AvgIpc) is 2.75. The lowest BCUT2D eigenvalue weighted by Gasteiger charge is -2.31. The molecule has 0 aliphatic carbocycles. The Balaban J connectivity index is 2.13. The highest BCUT2D eigenvalue weighted by atomic mass is 79.9. The summed E-state index contributed by atoms with van der Waals surface area (Å²) in [5.41, 5.74) is 12.1. The first-order valence-electron chi connectivity index (χ1n) is 7.21. The van der Waals surface area contributed by atoms with Crippen LogP contribution in [0.25, 0.3) is 0 Å². The fourth-order valence-electron chi connectivity index (χ4n) is 2.81.